The molecule has 2 aliphatic rings. The van der Waals surface area contributed by atoms with Crippen molar-refractivity contribution >= 4 is 42.9 Å². The van der Waals surface area contributed by atoms with E-state index in [0.717, 1.165) is 0 Å². The number of imidazole rings is 1. The molecule has 7 atom stereocenters. The van der Waals surface area contributed by atoms with E-state index in [1.165, 1.54) is 19.8 Å². The van der Waals surface area contributed by atoms with Crippen molar-refractivity contribution in [3.63, 3.8) is 0 Å². The molecule has 15 heteroatoms. The lowest BCUT2D eigenvalue weighted by atomic mass is 10.1. The average Bonchev–Trinajstić information content (AvgIpc) is 3.24. The summed E-state index contributed by atoms with van der Waals surface area (Å²) in [5.74, 6) is -0.277. The predicted molar refractivity (Wildman–Crippen MR) is 120 cm³/mol. The Morgan fingerprint density at radius 2 is 1.94 bits per heavy atom. The van der Waals surface area contributed by atoms with Crippen LogP contribution in [0.1, 0.15) is 33.4 Å². The van der Waals surface area contributed by atoms with Crippen LogP contribution in [-0.2, 0) is 30.4 Å². The van der Waals surface area contributed by atoms with Gasteiger partial charge in [0, 0.05) is 18.2 Å². The third-order valence-electron chi connectivity index (χ3n) is 5.93. The molecule has 0 amide bonds. The summed E-state index contributed by atoms with van der Waals surface area (Å²) >= 11 is 5.44. The van der Waals surface area contributed by atoms with E-state index < -0.39 is 55.4 Å². The number of rotatable bonds is 6. The van der Waals surface area contributed by atoms with E-state index >= 15 is 0 Å². The van der Waals surface area contributed by atoms with Crippen molar-refractivity contribution in [3.05, 3.63) is 12.7 Å². The van der Waals surface area contributed by atoms with E-state index in [4.69, 9.17) is 31.5 Å². The zero-order chi connectivity index (χ0) is 23.6. The van der Waals surface area contributed by atoms with Gasteiger partial charge in [-0.2, -0.15) is 0 Å². The molecule has 1 aliphatic carbocycles. The molecule has 3 unspecified atom stereocenters. The molecule has 1 saturated carbocycles. The SMILES string of the molecule is CO[C@H]1[C@@H](OP(O)(=S)C(C)(C)C)[C@@H](C2CC2P(=O)(O)O)O[C@H]1n1cnc2c(N)ncnc21. The number of ether oxygens (including phenoxy) is 2. The van der Waals surface area contributed by atoms with Gasteiger partial charge in [0.05, 0.1) is 18.1 Å². The third kappa shape index (κ3) is 4.15. The first-order valence-corrected chi connectivity index (χ1v) is 14.3. The van der Waals surface area contributed by atoms with Gasteiger partial charge in [0.2, 0.25) is 0 Å². The zero-order valence-electron chi connectivity index (χ0n) is 18.0. The van der Waals surface area contributed by atoms with Gasteiger partial charge in [0.15, 0.2) is 24.2 Å². The smallest absolute Gasteiger partial charge is 0.328 e. The van der Waals surface area contributed by atoms with E-state index in [0.29, 0.717) is 11.2 Å². The molecule has 5 N–H and O–H groups in total. The number of methoxy groups -OCH3 is 1. The number of nitrogens with zero attached hydrogens (tertiary/aromatic N) is 4. The molecule has 0 bridgehead atoms. The van der Waals surface area contributed by atoms with Crippen LogP contribution in [0.3, 0.4) is 0 Å². The summed E-state index contributed by atoms with van der Waals surface area (Å²) in [6.45, 7) is 1.99. The van der Waals surface area contributed by atoms with E-state index in [2.05, 4.69) is 15.0 Å². The minimum Gasteiger partial charge on any atom is -0.382 e. The van der Waals surface area contributed by atoms with Crippen molar-refractivity contribution in [2.45, 2.75) is 62.5 Å². The van der Waals surface area contributed by atoms with Gasteiger partial charge in [-0.25, -0.2) is 15.0 Å². The maximum atomic E-state index is 11.8. The molecule has 4 rings (SSSR count). The number of fused-ring (bicyclic) bond motifs is 1. The minimum atomic E-state index is -4.31. The normalized spacial score (nSPS) is 32.8. The highest BCUT2D eigenvalue weighted by Gasteiger charge is 2.62. The van der Waals surface area contributed by atoms with Crippen molar-refractivity contribution in [1.82, 2.24) is 19.5 Å². The van der Waals surface area contributed by atoms with Crippen molar-refractivity contribution in [1.29, 1.82) is 0 Å². The van der Waals surface area contributed by atoms with Crippen LogP contribution in [0.25, 0.3) is 11.2 Å². The van der Waals surface area contributed by atoms with Crippen molar-refractivity contribution < 1.29 is 33.2 Å². The topological polar surface area (TPSA) is 175 Å². The zero-order valence-corrected chi connectivity index (χ0v) is 20.6. The summed E-state index contributed by atoms with van der Waals surface area (Å²) in [6, 6.07) is 0. The molecule has 2 fully saturated rings. The lowest BCUT2D eigenvalue weighted by Crippen LogP contribution is -2.38. The summed E-state index contributed by atoms with van der Waals surface area (Å²) in [6.07, 6.45) is -0.143. The van der Waals surface area contributed by atoms with Crippen LogP contribution in [-0.4, -0.2) is 70.4 Å². The van der Waals surface area contributed by atoms with Crippen molar-refractivity contribution in [2.24, 2.45) is 5.92 Å². The summed E-state index contributed by atoms with van der Waals surface area (Å²) in [5, 5.41) is -0.723. The van der Waals surface area contributed by atoms with Gasteiger partial charge >= 0.3 is 7.60 Å². The first kappa shape index (κ1) is 24.1. The fourth-order valence-corrected chi connectivity index (χ4v) is 6.29. The lowest BCUT2D eigenvalue weighted by Gasteiger charge is -2.34. The van der Waals surface area contributed by atoms with Crippen LogP contribution < -0.4 is 5.73 Å². The molecule has 0 spiro atoms. The maximum absolute atomic E-state index is 11.8. The molecular formula is C17H27N5O7P2S. The Balaban J connectivity index is 1.74. The van der Waals surface area contributed by atoms with E-state index in [-0.39, 0.29) is 12.2 Å². The second-order valence-electron chi connectivity index (χ2n) is 9.09. The molecule has 12 nitrogen and oxygen atoms in total. The summed E-state index contributed by atoms with van der Waals surface area (Å²) in [5.41, 5.74) is 5.83. The number of aromatic nitrogens is 4. The molecule has 2 aromatic rings. The van der Waals surface area contributed by atoms with Crippen LogP contribution in [0.5, 0.6) is 0 Å². The number of anilines is 1. The van der Waals surface area contributed by atoms with Crippen LogP contribution in [0.4, 0.5) is 5.82 Å². The second kappa shape index (κ2) is 8.04. The monoisotopic (exact) mass is 507 g/mol. The van der Waals surface area contributed by atoms with Gasteiger partial charge in [-0.15, -0.1) is 0 Å². The number of nitrogen functional groups attached to an aromatic ring is 1. The molecule has 1 aliphatic heterocycles. The Bertz CT molecular complexity index is 1120. The Kier molecular flexibility index (Phi) is 6.06. The number of hydrogen-bond acceptors (Lipinski definition) is 9. The van der Waals surface area contributed by atoms with Crippen LogP contribution >= 0.6 is 14.1 Å². The highest BCUT2D eigenvalue weighted by Crippen LogP contribution is 2.64. The standard InChI is InChI=1S/C17H27N5O7P2S/c1-17(2,3)31(26,32)29-12-11(8-5-9(8)30(23,24)25)28-16(13(12)27-4)22-7-21-10-14(18)19-6-20-15(10)22/h6-9,11-13,16H,5H2,1-4H3,(H,26,32)(H2,18,19,20)(H2,23,24,25)/t8?,9?,11-,12+,13+,16-,31?/m1/s1. The highest BCUT2D eigenvalue weighted by molar-refractivity contribution is 8.10. The van der Waals surface area contributed by atoms with Gasteiger partial charge in [0.25, 0.3) is 0 Å². The van der Waals surface area contributed by atoms with Crippen molar-refractivity contribution in [3.8, 4) is 0 Å². The molecule has 1 saturated heterocycles. The first-order chi connectivity index (χ1) is 14.8. The summed E-state index contributed by atoms with van der Waals surface area (Å²) in [4.78, 5) is 42.7. The van der Waals surface area contributed by atoms with Gasteiger partial charge in [0.1, 0.15) is 24.1 Å². The van der Waals surface area contributed by atoms with Crippen LogP contribution in [0, 0.1) is 5.92 Å². The maximum Gasteiger partial charge on any atom is 0.328 e. The Hall–Kier alpha value is -1.01. The highest BCUT2D eigenvalue weighted by atomic mass is 32.5. The fraction of sp³-hybridized carbons (Fsp3) is 0.706. The molecule has 32 heavy (non-hydrogen) atoms. The predicted octanol–water partition coefficient (Wildman–Crippen LogP) is 1.37. The van der Waals surface area contributed by atoms with E-state index in [9.17, 15) is 19.2 Å². The molecule has 178 valence electrons. The number of nitrogens with two attached hydrogens (primary N) is 1. The van der Waals surface area contributed by atoms with Crippen molar-refractivity contribution in [2.75, 3.05) is 12.8 Å². The quantitative estimate of drug-likeness (QED) is 0.414. The Labute approximate surface area is 189 Å². The van der Waals surface area contributed by atoms with Crippen LogP contribution in [0.2, 0.25) is 0 Å². The fourth-order valence-electron chi connectivity index (χ4n) is 3.92. The second-order valence-corrected chi connectivity index (χ2v) is 15.0. The molecule has 0 radical (unpaired) electrons. The average molecular weight is 507 g/mol. The van der Waals surface area contributed by atoms with Gasteiger partial charge in [-0.1, -0.05) is 20.8 Å². The minimum absolute atomic E-state index is 0.201. The van der Waals surface area contributed by atoms with Gasteiger partial charge < -0.3 is 34.4 Å². The summed E-state index contributed by atoms with van der Waals surface area (Å²) in [7, 11) is -2.85. The lowest BCUT2D eigenvalue weighted by molar-refractivity contribution is -0.0525. The Morgan fingerprint density at radius 3 is 2.50 bits per heavy atom. The molecular weight excluding hydrogens is 480 g/mol. The largest absolute Gasteiger partial charge is 0.382 e. The first-order valence-electron chi connectivity index (χ1n) is 9.94. The molecule has 0 aromatic carbocycles. The third-order valence-corrected chi connectivity index (χ3v) is 11.5. The van der Waals surface area contributed by atoms with E-state index in [1.807, 2.05) is 0 Å². The molecule has 3 heterocycles. The summed E-state index contributed by atoms with van der Waals surface area (Å²) < 4.78 is 31.5. The van der Waals surface area contributed by atoms with Gasteiger partial charge in [-0.05, 0) is 18.2 Å². The van der Waals surface area contributed by atoms with E-state index in [1.54, 1.807) is 25.3 Å². The number of hydrogen-bond donors (Lipinski definition) is 4. The Morgan fingerprint density at radius 1 is 1.25 bits per heavy atom. The molecule has 2 aromatic heterocycles. The van der Waals surface area contributed by atoms with Gasteiger partial charge in [-0.3, -0.25) is 9.13 Å². The van der Waals surface area contributed by atoms with Crippen LogP contribution in [0.15, 0.2) is 12.7 Å².